The summed E-state index contributed by atoms with van der Waals surface area (Å²) in [5.74, 6) is -0.221. The van der Waals surface area contributed by atoms with Gasteiger partial charge in [0.25, 0.3) is 0 Å². The van der Waals surface area contributed by atoms with Crippen LogP contribution >= 0.6 is 0 Å². The molecule has 0 atom stereocenters. The number of carbonyl (C=O) groups is 2. The molecule has 5 heteroatoms. The van der Waals surface area contributed by atoms with Crippen LogP contribution in [0.15, 0.2) is 0 Å². The zero-order valence-corrected chi connectivity index (χ0v) is 12.8. The Labute approximate surface area is 116 Å². The molecule has 0 aliphatic carbocycles. The first-order valence-corrected chi connectivity index (χ1v) is 7.18. The van der Waals surface area contributed by atoms with Gasteiger partial charge in [0, 0.05) is 20.0 Å². The first kappa shape index (κ1) is 17.9. The second-order valence-corrected chi connectivity index (χ2v) is 4.44. The lowest BCUT2D eigenvalue weighted by Gasteiger charge is -2.23. The van der Waals surface area contributed by atoms with E-state index in [1.807, 2.05) is 0 Å². The van der Waals surface area contributed by atoms with E-state index in [0.717, 1.165) is 26.1 Å². The van der Waals surface area contributed by atoms with Crippen LogP contribution in [0.2, 0.25) is 0 Å². The summed E-state index contributed by atoms with van der Waals surface area (Å²) in [5.41, 5.74) is 0. The normalized spacial score (nSPS) is 10.6. The average molecular weight is 272 g/mol. The predicted molar refractivity (Wildman–Crippen MR) is 75.9 cm³/mol. The smallest absolute Gasteiger partial charge is 0.307 e. The van der Waals surface area contributed by atoms with Crippen molar-refractivity contribution in [2.24, 2.45) is 0 Å². The van der Waals surface area contributed by atoms with Crippen molar-refractivity contribution in [3.8, 4) is 0 Å². The van der Waals surface area contributed by atoms with Crippen molar-refractivity contribution >= 4 is 11.9 Å². The molecule has 0 heterocycles. The molecule has 19 heavy (non-hydrogen) atoms. The monoisotopic (exact) mass is 272 g/mol. The SMILES string of the molecule is CCOC(=O)CCN(CCCN(CC)CC)C(C)=O. The molecule has 0 bridgehead atoms. The van der Waals surface area contributed by atoms with E-state index in [0.29, 0.717) is 19.7 Å². The Bertz CT molecular complexity index is 265. The predicted octanol–water partition coefficient (Wildman–Crippen LogP) is 1.52. The summed E-state index contributed by atoms with van der Waals surface area (Å²) >= 11 is 0. The molecule has 0 N–H and O–H groups in total. The molecular weight excluding hydrogens is 244 g/mol. The summed E-state index contributed by atoms with van der Waals surface area (Å²) in [7, 11) is 0. The van der Waals surface area contributed by atoms with Crippen LogP contribution in [0.1, 0.15) is 40.5 Å². The highest BCUT2D eigenvalue weighted by Crippen LogP contribution is 1.99. The highest BCUT2D eigenvalue weighted by Gasteiger charge is 2.11. The van der Waals surface area contributed by atoms with E-state index in [1.54, 1.807) is 18.7 Å². The van der Waals surface area contributed by atoms with Crippen molar-refractivity contribution < 1.29 is 14.3 Å². The third-order valence-corrected chi connectivity index (χ3v) is 3.13. The summed E-state index contributed by atoms with van der Waals surface area (Å²) in [4.78, 5) is 26.8. The molecule has 0 radical (unpaired) electrons. The minimum absolute atomic E-state index is 0.0174. The van der Waals surface area contributed by atoms with E-state index >= 15 is 0 Å². The van der Waals surface area contributed by atoms with Gasteiger partial charge in [0.05, 0.1) is 13.0 Å². The van der Waals surface area contributed by atoms with Crippen LogP contribution in [0.4, 0.5) is 0 Å². The van der Waals surface area contributed by atoms with E-state index in [1.165, 1.54) is 0 Å². The Kier molecular flexibility index (Phi) is 10.2. The second kappa shape index (κ2) is 10.8. The fraction of sp³-hybridized carbons (Fsp3) is 0.857. The van der Waals surface area contributed by atoms with Crippen LogP contribution in [-0.4, -0.2) is 61.0 Å². The largest absolute Gasteiger partial charge is 0.466 e. The standard InChI is InChI=1S/C14H28N2O3/c1-5-15(6-2)10-8-11-16(13(4)17)12-9-14(18)19-7-3/h5-12H2,1-4H3. The van der Waals surface area contributed by atoms with Gasteiger partial charge in [-0.2, -0.15) is 0 Å². The lowest BCUT2D eigenvalue weighted by Crippen LogP contribution is -2.34. The summed E-state index contributed by atoms with van der Waals surface area (Å²) < 4.78 is 4.86. The van der Waals surface area contributed by atoms with Crippen molar-refractivity contribution in [3.63, 3.8) is 0 Å². The molecule has 0 spiro atoms. The number of carbonyl (C=O) groups excluding carboxylic acids is 2. The van der Waals surface area contributed by atoms with Crippen LogP contribution in [0.25, 0.3) is 0 Å². The van der Waals surface area contributed by atoms with Crippen molar-refractivity contribution in [3.05, 3.63) is 0 Å². The van der Waals surface area contributed by atoms with Crippen molar-refractivity contribution in [1.29, 1.82) is 0 Å². The number of ether oxygens (including phenoxy) is 1. The fourth-order valence-electron chi connectivity index (χ4n) is 1.91. The van der Waals surface area contributed by atoms with Crippen LogP contribution in [0, 0.1) is 0 Å². The quantitative estimate of drug-likeness (QED) is 0.566. The van der Waals surface area contributed by atoms with Gasteiger partial charge in [0.15, 0.2) is 0 Å². The molecule has 0 aromatic carbocycles. The topological polar surface area (TPSA) is 49.9 Å². The van der Waals surface area contributed by atoms with E-state index in [-0.39, 0.29) is 18.3 Å². The Balaban J connectivity index is 3.99. The van der Waals surface area contributed by atoms with Crippen LogP contribution in [0.3, 0.4) is 0 Å². The molecule has 1 amide bonds. The fourth-order valence-corrected chi connectivity index (χ4v) is 1.91. The summed E-state index contributed by atoms with van der Waals surface area (Å²) in [6.07, 6.45) is 1.21. The summed E-state index contributed by atoms with van der Waals surface area (Å²) in [6.45, 7) is 12.2. The van der Waals surface area contributed by atoms with E-state index in [9.17, 15) is 9.59 Å². The molecule has 0 fully saturated rings. The molecular formula is C14H28N2O3. The third-order valence-electron chi connectivity index (χ3n) is 3.13. The number of esters is 1. The van der Waals surface area contributed by atoms with Crippen LogP contribution in [-0.2, 0) is 14.3 Å². The molecule has 0 aromatic heterocycles. The Morgan fingerprint density at radius 2 is 1.63 bits per heavy atom. The van der Waals surface area contributed by atoms with Gasteiger partial charge >= 0.3 is 5.97 Å². The minimum Gasteiger partial charge on any atom is -0.466 e. The van der Waals surface area contributed by atoms with E-state index < -0.39 is 0 Å². The van der Waals surface area contributed by atoms with Crippen LogP contribution in [0.5, 0.6) is 0 Å². The zero-order chi connectivity index (χ0) is 14.7. The van der Waals surface area contributed by atoms with Gasteiger partial charge in [-0.15, -0.1) is 0 Å². The number of nitrogens with zero attached hydrogens (tertiary/aromatic N) is 2. The van der Waals surface area contributed by atoms with Crippen molar-refractivity contribution in [2.75, 3.05) is 39.3 Å². The van der Waals surface area contributed by atoms with Crippen LogP contribution < -0.4 is 0 Å². The molecule has 112 valence electrons. The number of rotatable bonds is 10. The first-order valence-electron chi connectivity index (χ1n) is 7.18. The van der Waals surface area contributed by atoms with Crippen molar-refractivity contribution in [2.45, 2.75) is 40.5 Å². The summed E-state index contributed by atoms with van der Waals surface area (Å²) in [5, 5.41) is 0. The van der Waals surface area contributed by atoms with Gasteiger partial charge < -0.3 is 14.5 Å². The maximum atomic E-state index is 11.5. The molecule has 0 aromatic rings. The summed E-state index contributed by atoms with van der Waals surface area (Å²) in [6, 6.07) is 0. The number of amides is 1. The zero-order valence-electron chi connectivity index (χ0n) is 12.8. The molecule has 0 saturated carbocycles. The molecule has 0 aliphatic rings. The Hall–Kier alpha value is -1.10. The maximum absolute atomic E-state index is 11.5. The maximum Gasteiger partial charge on any atom is 0.307 e. The molecule has 0 saturated heterocycles. The first-order chi connectivity index (χ1) is 9.04. The highest BCUT2D eigenvalue weighted by molar-refractivity contribution is 5.74. The number of hydrogen-bond donors (Lipinski definition) is 0. The average Bonchev–Trinajstić information content (AvgIpc) is 2.38. The number of hydrogen-bond acceptors (Lipinski definition) is 4. The van der Waals surface area contributed by atoms with Gasteiger partial charge in [0.2, 0.25) is 5.91 Å². The van der Waals surface area contributed by atoms with Gasteiger partial charge in [-0.05, 0) is 33.0 Å². The molecule has 0 rings (SSSR count). The van der Waals surface area contributed by atoms with E-state index in [4.69, 9.17) is 4.74 Å². The van der Waals surface area contributed by atoms with Gasteiger partial charge in [-0.25, -0.2) is 0 Å². The van der Waals surface area contributed by atoms with E-state index in [2.05, 4.69) is 18.7 Å². The van der Waals surface area contributed by atoms with Crippen molar-refractivity contribution in [1.82, 2.24) is 9.80 Å². The third kappa shape index (κ3) is 8.59. The molecule has 5 nitrogen and oxygen atoms in total. The van der Waals surface area contributed by atoms with Gasteiger partial charge in [-0.3, -0.25) is 9.59 Å². The van der Waals surface area contributed by atoms with Gasteiger partial charge in [-0.1, -0.05) is 13.8 Å². The lowest BCUT2D eigenvalue weighted by atomic mass is 10.3. The van der Waals surface area contributed by atoms with Gasteiger partial charge in [0.1, 0.15) is 0 Å². The Morgan fingerprint density at radius 1 is 1.00 bits per heavy atom. The second-order valence-electron chi connectivity index (χ2n) is 4.44. The molecule has 0 unspecified atom stereocenters. The Morgan fingerprint density at radius 3 is 2.11 bits per heavy atom. The lowest BCUT2D eigenvalue weighted by molar-refractivity contribution is -0.144. The minimum atomic E-state index is -0.238. The highest BCUT2D eigenvalue weighted by atomic mass is 16.5. The molecule has 0 aliphatic heterocycles.